The lowest BCUT2D eigenvalue weighted by molar-refractivity contribution is 0.600. The minimum Gasteiger partial charge on any atom is -0.246 e. The van der Waals surface area contributed by atoms with Gasteiger partial charge >= 0.3 is 0 Å². The van der Waals surface area contributed by atoms with E-state index in [-0.39, 0.29) is 16.5 Å². The van der Waals surface area contributed by atoms with Gasteiger partial charge in [-0.05, 0) is 26.0 Å². The largest absolute Gasteiger partial charge is 0.265 e. The molecule has 0 atom stereocenters. The quantitative estimate of drug-likeness (QED) is 0.876. The molecule has 0 aliphatic heterocycles. The van der Waals surface area contributed by atoms with E-state index in [0.717, 1.165) is 6.20 Å². The fourth-order valence-corrected chi connectivity index (χ4v) is 2.17. The Labute approximate surface area is 115 Å². The van der Waals surface area contributed by atoms with Crippen molar-refractivity contribution in [3.05, 3.63) is 35.4 Å². The third-order valence-corrected chi connectivity index (χ3v) is 3.79. The van der Waals surface area contributed by atoms with E-state index in [1.807, 2.05) is 6.07 Å². The van der Waals surface area contributed by atoms with Crippen molar-refractivity contribution in [1.82, 2.24) is 20.2 Å². The van der Waals surface area contributed by atoms with Crippen LogP contribution < -0.4 is 4.72 Å². The monoisotopic (exact) mass is 290 g/mol. The van der Waals surface area contributed by atoms with Gasteiger partial charge in [-0.1, -0.05) is 0 Å². The molecule has 0 spiro atoms. The minimum absolute atomic E-state index is 0.0849. The third-order valence-electron chi connectivity index (χ3n) is 2.48. The summed E-state index contributed by atoms with van der Waals surface area (Å²) in [6.45, 7) is 3.42. The number of sulfonamides is 1. The van der Waals surface area contributed by atoms with Crippen LogP contribution in [-0.4, -0.2) is 28.6 Å². The standard InChI is InChI=1S/C11H10N6O2S/c1-7-8(2)15-16-11(14-7)17-20(18,19)10-4-3-9(5-12)13-6-10/h3-4,6H,1-2H3,(H,14,16,17). The maximum absolute atomic E-state index is 12.1. The number of aromatic nitrogens is 4. The topological polar surface area (TPSA) is 122 Å². The number of hydrogen-bond acceptors (Lipinski definition) is 7. The molecule has 0 amide bonds. The smallest absolute Gasteiger partial charge is 0.246 e. The van der Waals surface area contributed by atoms with Gasteiger partial charge in [-0.15, -0.1) is 5.10 Å². The van der Waals surface area contributed by atoms with Gasteiger partial charge in [-0.2, -0.15) is 10.4 Å². The molecule has 0 aromatic carbocycles. The molecular weight excluding hydrogens is 280 g/mol. The predicted octanol–water partition coefficient (Wildman–Crippen LogP) is 0.556. The van der Waals surface area contributed by atoms with Crippen molar-refractivity contribution in [3.63, 3.8) is 0 Å². The first-order valence-electron chi connectivity index (χ1n) is 5.49. The van der Waals surface area contributed by atoms with Gasteiger partial charge in [0.2, 0.25) is 0 Å². The van der Waals surface area contributed by atoms with E-state index in [2.05, 4.69) is 24.9 Å². The average Bonchev–Trinajstić information content (AvgIpc) is 2.43. The van der Waals surface area contributed by atoms with Crippen molar-refractivity contribution in [2.45, 2.75) is 18.7 Å². The van der Waals surface area contributed by atoms with Crippen LogP contribution in [0.3, 0.4) is 0 Å². The molecule has 0 saturated carbocycles. The molecule has 20 heavy (non-hydrogen) atoms. The lowest BCUT2D eigenvalue weighted by atomic mass is 10.4. The van der Waals surface area contributed by atoms with Gasteiger partial charge in [0.1, 0.15) is 16.7 Å². The van der Waals surface area contributed by atoms with E-state index >= 15 is 0 Å². The zero-order valence-corrected chi connectivity index (χ0v) is 11.5. The molecule has 0 aliphatic carbocycles. The summed E-state index contributed by atoms with van der Waals surface area (Å²) in [4.78, 5) is 7.60. The Morgan fingerprint density at radius 3 is 2.50 bits per heavy atom. The van der Waals surface area contributed by atoms with Crippen LogP contribution in [0.4, 0.5) is 5.95 Å². The highest BCUT2D eigenvalue weighted by Gasteiger charge is 2.17. The zero-order valence-electron chi connectivity index (χ0n) is 10.7. The van der Waals surface area contributed by atoms with E-state index in [0.29, 0.717) is 11.4 Å². The highest BCUT2D eigenvalue weighted by Crippen LogP contribution is 2.12. The molecule has 1 N–H and O–H groups in total. The van der Waals surface area contributed by atoms with Gasteiger partial charge in [0, 0.05) is 6.20 Å². The summed E-state index contributed by atoms with van der Waals surface area (Å²) in [6, 6.07) is 4.40. The highest BCUT2D eigenvalue weighted by molar-refractivity contribution is 7.92. The maximum atomic E-state index is 12.1. The second-order valence-electron chi connectivity index (χ2n) is 3.90. The van der Waals surface area contributed by atoms with Gasteiger partial charge in [0.15, 0.2) is 0 Å². The summed E-state index contributed by atoms with van der Waals surface area (Å²) in [5, 5.41) is 16.1. The number of pyridine rings is 1. The van der Waals surface area contributed by atoms with Crippen molar-refractivity contribution in [1.29, 1.82) is 5.26 Å². The first kappa shape index (κ1) is 13.8. The second kappa shape index (κ2) is 5.18. The highest BCUT2D eigenvalue weighted by atomic mass is 32.2. The van der Waals surface area contributed by atoms with E-state index < -0.39 is 10.0 Å². The van der Waals surface area contributed by atoms with Crippen molar-refractivity contribution in [2.24, 2.45) is 0 Å². The van der Waals surface area contributed by atoms with Crippen molar-refractivity contribution >= 4 is 16.0 Å². The fourth-order valence-electron chi connectivity index (χ4n) is 1.28. The summed E-state index contributed by atoms with van der Waals surface area (Å²) in [7, 11) is -3.85. The van der Waals surface area contributed by atoms with Crippen molar-refractivity contribution in [2.75, 3.05) is 4.72 Å². The number of nitriles is 1. The van der Waals surface area contributed by atoms with Crippen LogP contribution in [-0.2, 0) is 10.0 Å². The molecule has 0 saturated heterocycles. The summed E-state index contributed by atoms with van der Waals surface area (Å²) in [6.07, 6.45) is 1.09. The summed E-state index contributed by atoms with van der Waals surface area (Å²) >= 11 is 0. The molecule has 9 heteroatoms. The number of rotatable bonds is 3. The van der Waals surface area contributed by atoms with Crippen molar-refractivity contribution < 1.29 is 8.42 Å². The molecule has 102 valence electrons. The Bertz CT molecular complexity index is 780. The molecule has 0 radical (unpaired) electrons. The molecule has 0 unspecified atom stereocenters. The summed E-state index contributed by atoms with van der Waals surface area (Å²) in [5.41, 5.74) is 1.33. The number of anilines is 1. The van der Waals surface area contributed by atoms with Crippen LogP contribution in [0, 0.1) is 25.2 Å². The molecule has 0 fully saturated rings. The third kappa shape index (κ3) is 2.86. The Kier molecular flexibility index (Phi) is 3.58. The first-order valence-corrected chi connectivity index (χ1v) is 6.97. The molecule has 2 aromatic rings. The molecule has 2 rings (SSSR count). The van der Waals surface area contributed by atoms with Crippen LogP contribution in [0.2, 0.25) is 0 Å². The average molecular weight is 290 g/mol. The van der Waals surface area contributed by atoms with Gasteiger partial charge in [-0.3, -0.25) is 0 Å². The maximum Gasteiger partial charge on any atom is 0.265 e. The first-order chi connectivity index (χ1) is 9.42. The Morgan fingerprint density at radius 2 is 1.95 bits per heavy atom. The van der Waals surface area contributed by atoms with Crippen LogP contribution in [0.15, 0.2) is 23.2 Å². The normalized spacial score (nSPS) is 10.8. The summed E-state index contributed by atoms with van der Waals surface area (Å²) in [5.74, 6) is -0.113. The fraction of sp³-hybridized carbons (Fsp3) is 0.182. The van der Waals surface area contributed by atoms with Crippen LogP contribution in [0.5, 0.6) is 0 Å². The Hall–Kier alpha value is -2.60. The van der Waals surface area contributed by atoms with Crippen LogP contribution in [0.25, 0.3) is 0 Å². The number of hydrogen-bond donors (Lipinski definition) is 1. The SMILES string of the molecule is Cc1nnc(NS(=O)(=O)c2ccc(C#N)nc2)nc1C. The minimum atomic E-state index is -3.85. The molecule has 2 aromatic heterocycles. The lowest BCUT2D eigenvalue weighted by Crippen LogP contribution is -2.16. The number of nitrogens with zero attached hydrogens (tertiary/aromatic N) is 5. The Morgan fingerprint density at radius 1 is 1.20 bits per heavy atom. The molecular formula is C11H10N6O2S. The van der Waals surface area contributed by atoms with Gasteiger partial charge < -0.3 is 0 Å². The second-order valence-corrected chi connectivity index (χ2v) is 5.59. The number of nitrogens with one attached hydrogen (secondary N) is 1. The van der Waals surface area contributed by atoms with Gasteiger partial charge in [-0.25, -0.2) is 23.1 Å². The molecule has 0 bridgehead atoms. The molecule has 0 aliphatic rings. The van der Waals surface area contributed by atoms with Crippen LogP contribution >= 0.6 is 0 Å². The molecule has 8 nitrogen and oxygen atoms in total. The Balaban J connectivity index is 2.30. The predicted molar refractivity (Wildman–Crippen MR) is 69.1 cm³/mol. The van der Waals surface area contributed by atoms with E-state index in [9.17, 15) is 8.42 Å². The van der Waals surface area contributed by atoms with E-state index in [1.165, 1.54) is 12.1 Å². The summed E-state index contributed by atoms with van der Waals surface area (Å²) < 4.78 is 26.3. The lowest BCUT2D eigenvalue weighted by Gasteiger charge is -2.06. The van der Waals surface area contributed by atoms with Gasteiger partial charge in [0.05, 0.1) is 11.4 Å². The van der Waals surface area contributed by atoms with E-state index in [1.54, 1.807) is 13.8 Å². The van der Waals surface area contributed by atoms with Crippen molar-refractivity contribution in [3.8, 4) is 6.07 Å². The van der Waals surface area contributed by atoms with Gasteiger partial charge in [0.25, 0.3) is 16.0 Å². The van der Waals surface area contributed by atoms with E-state index in [4.69, 9.17) is 5.26 Å². The zero-order chi connectivity index (χ0) is 14.8. The molecule has 2 heterocycles. The number of aryl methyl sites for hydroxylation is 2. The van der Waals surface area contributed by atoms with Crippen LogP contribution in [0.1, 0.15) is 17.1 Å².